The summed E-state index contributed by atoms with van der Waals surface area (Å²) >= 11 is 0. The Hall–Kier alpha value is -2.48. The molecule has 6 heteroatoms. The van der Waals surface area contributed by atoms with Crippen LogP contribution in [0.25, 0.3) is 0 Å². The van der Waals surface area contributed by atoms with Gasteiger partial charge in [0.15, 0.2) is 14.7 Å². The molecule has 0 amide bonds. The molecule has 2 rings (SSSR count). The van der Waals surface area contributed by atoms with Crippen LogP contribution >= 0.6 is 14.7 Å². The predicted molar refractivity (Wildman–Crippen MR) is 221 cm³/mol. The summed E-state index contributed by atoms with van der Waals surface area (Å²) in [5.41, 5.74) is 8.65. The number of hydrogen-bond donors (Lipinski definition) is 0. The molecule has 0 aliphatic heterocycles. The summed E-state index contributed by atoms with van der Waals surface area (Å²) in [7, 11) is -5.04. The molecule has 4 nitrogen and oxygen atoms in total. The van der Waals surface area contributed by atoms with Crippen molar-refractivity contribution in [3.05, 3.63) is 130 Å². The fraction of sp³-hybridized carbons (Fsp3) is 0.500. The van der Waals surface area contributed by atoms with Crippen molar-refractivity contribution in [2.75, 3.05) is 26.7 Å². The van der Waals surface area contributed by atoms with Gasteiger partial charge in [-0.05, 0) is 77.2 Å². The van der Waals surface area contributed by atoms with Crippen molar-refractivity contribution in [2.45, 2.75) is 101 Å². The lowest BCUT2D eigenvalue weighted by molar-refractivity contribution is 0.138. The van der Waals surface area contributed by atoms with Crippen LogP contribution in [-0.4, -0.2) is 38.9 Å². The van der Waals surface area contributed by atoms with Crippen LogP contribution in [0, 0.1) is 16.7 Å². The summed E-state index contributed by atoms with van der Waals surface area (Å²) < 4.78 is 36.2. The minimum Gasteiger partial charge on any atom is -0.325 e. The van der Waals surface area contributed by atoms with Gasteiger partial charge in [0.05, 0.1) is 12.2 Å². The van der Waals surface area contributed by atoms with Crippen molar-refractivity contribution in [2.24, 2.45) is 16.7 Å². The predicted octanol–water partition coefficient (Wildman–Crippen LogP) is 13.5. The Morgan fingerprint density at radius 3 is 1.66 bits per heavy atom. The van der Waals surface area contributed by atoms with Crippen LogP contribution in [0.2, 0.25) is 0 Å². The lowest BCUT2D eigenvalue weighted by Gasteiger charge is -2.40. The van der Waals surface area contributed by atoms with Crippen LogP contribution in [0.5, 0.6) is 0 Å². The molecule has 0 spiro atoms. The summed E-state index contributed by atoms with van der Waals surface area (Å²) in [6, 6.07) is 0. The van der Waals surface area contributed by atoms with E-state index in [4.69, 9.17) is 9.05 Å². The van der Waals surface area contributed by atoms with Gasteiger partial charge in [-0.3, -0.25) is 9.13 Å². The number of hydrogen-bond acceptors (Lipinski definition) is 4. The van der Waals surface area contributed by atoms with E-state index >= 15 is 0 Å². The summed E-state index contributed by atoms with van der Waals surface area (Å²) in [6.07, 6.45) is 34.6. The Balaban J connectivity index is 1.93. The van der Waals surface area contributed by atoms with Gasteiger partial charge in [0.25, 0.3) is 0 Å². The molecule has 0 heterocycles. The molecule has 50 heavy (non-hydrogen) atoms. The van der Waals surface area contributed by atoms with E-state index in [2.05, 4.69) is 160 Å². The van der Waals surface area contributed by atoms with Crippen molar-refractivity contribution in [3.63, 3.8) is 0 Å². The summed E-state index contributed by atoms with van der Waals surface area (Å²) in [5, 5.41) is 0. The first-order chi connectivity index (χ1) is 23.0. The Labute approximate surface area is 306 Å². The first-order valence-corrected chi connectivity index (χ1v) is 22.9. The highest BCUT2D eigenvalue weighted by atomic mass is 31.2. The Morgan fingerprint density at radius 2 is 1.18 bits per heavy atom. The molecule has 0 aromatic heterocycles. The molecular weight excluding hydrogens is 654 g/mol. The van der Waals surface area contributed by atoms with Crippen LogP contribution in [0.1, 0.15) is 88.5 Å². The average molecular weight is 721 g/mol. The Bertz CT molecular complexity index is 1630. The quantitative estimate of drug-likeness (QED) is 0.102. The van der Waals surface area contributed by atoms with E-state index in [0.717, 1.165) is 19.3 Å². The third-order valence-corrected chi connectivity index (χ3v) is 10.7. The standard InChI is InChI=1S/C44H66O4P2/c1-33(21-17-23-35(3)25-27-41-37(5)29-39(31-43(41,7)8)47-49(11,12)45)19-15-16-20-34(2)22-18-24-36(4)26-28-42-38(6)30-40(32-44(42,9)10)48-50(13,14)46/h15-29,39-41H,30-32H2,1-14H3/b16-15+,21-17+,22-18+,27-25+,28-26+,33-19+,34-20+,35-23+,36-24+. The molecule has 0 aromatic carbocycles. The molecular formula is C44H66O4P2. The van der Waals surface area contributed by atoms with Crippen molar-refractivity contribution >= 4 is 14.7 Å². The average Bonchev–Trinajstić information content (AvgIpc) is 2.91. The second-order valence-corrected chi connectivity index (χ2v) is 21.8. The molecule has 0 aromatic rings. The van der Waals surface area contributed by atoms with E-state index in [9.17, 15) is 9.13 Å². The van der Waals surface area contributed by atoms with Crippen molar-refractivity contribution in [3.8, 4) is 0 Å². The van der Waals surface area contributed by atoms with Gasteiger partial charge in [-0.25, -0.2) is 0 Å². The summed E-state index contributed by atoms with van der Waals surface area (Å²) in [5.74, 6) is 0.315. The lowest BCUT2D eigenvalue weighted by Crippen LogP contribution is -2.33. The fourth-order valence-corrected chi connectivity index (χ4v) is 8.56. The van der Waals surface area contributed by atoms with E-state index in [-0.39, 0.29) is 23.0 Å². The monoisotopic (exact) mass is 720 g/mol. The Morgan fingerprint density at radius 1 is 0.700 bits per heavy atom. The summed E-state index contributed by atoms with van der Waals surface area (Å²) in [4.78, 5) is 0. The zero-order valence-corrected chi connectivity index (χ0v) is 35.3. The van der Waals surface area contributed by atoms with Gasteiger partial charge in [0.2, 0.25) is 0 Å². The van der Waals surface area contributed by atoms with Crippen molar-refractivity contribution < 1.29 is 18.2 Å². The van der Waals surface area contributed by atoms with E-state index in [1.165, 1.54) is 39.0 Å². The normalized spacial score (nSPS) is 24.9. The molecule has 2 aliphatic carbocycles. The van der Waals surface area contributed by atoms with Crippen LogP contribution in [0.3, 0.4) is 0 Å². The molecule has 0 radical (unpaired) electrons. The number of rotatable bonds is 14. The number of allylic oxidation sites excluding steroid dienone is 20. The van der Waals surface area contributed by atoms with E-state index in [0.29, 0.717) is 5.92 Å². The third-order valence-electron chi connectivity index (χ3n) is 9.09. The minimum atomic E-state index is -2.53. The highest BCUT2D eigenvalue weighted by Gasteiger charge is 2.37. The first kappa shape index (κ1) is 43.7. The molecule has 0 bridgehead atoms. The Kier molecular flexibility index (Phi) is 16.5. The van der Waals surface area contributed by atoms with Crippen molar-refractivity contribution in [1.29, 1.82) is 0 Å². The third kappa shape index (κ3) is 16.2. The van der Waals surface area contributed by atoms with Crippen LogP contribution < -0.4 is 0 Å². The fourth-order valence-electron chi connectivity index (χ4n) is 6.91. The molecule has 0 saturated heterocycles. The topological polar surface area (TPSA) is 52.6 Å². The maximum atomic E-state index is 12.2. The van der Waals surface area contributed by atoms with Gasteiger partial charge in [-0.2, -0.15) is 0 Å². The SMILES string of the molecule is CC1=CC(OP(C)(C)=O)CC(C)(C)C1/C=C/C(C)=C/C=C/C(C)=C/C=C/C=C(C)/C=C/C=C(C)/C=C/C1=C(C)CC(OP(C)(C)=O)CC1(C)C. The van der Waals surface area contributed by atoms with Gasteiger partial charge in [0.1, 0.15) is 0 Å². The van der Waals surface area contributed by atoms with Crippen molar-refractivity contribution in [1.82, 2.24) is 0 Å². The van der Waals surface area contributed by atoms with E-state index in [1.54, 1.807) is 26.7 Å². The van der Waals surface area contributed by atoms with Gasteiger partial charge < -0.3 is 9.05 Å². The van der Waals surface area contributed by atoms with Gasteiger partial charge in [-0.15, -0.1) is 0 Å². The second kappa shape index (κ2) is 18.8. The minimum absolute atomic E-state index is 0.0152. The molecule has 2 aliphatic rings. The molecule has 3 atom stereocenters. The maximum absolute atomic E-state index is 12.2. The van der Waals surface area contributed by atoms with Crippen LogP contribution in [-0.2, 0) is 18.2 Å². The summed E-state index contributed by atoms with van der Waals surface area (Å²) in [6.45, 7) is 28.6. The van der Waals surface area contributed by atoms with Gasteiger partial charge in [-0.1, -0.05) is 152 Å². The molecule has 0 N–H and O–H groups in total. The second-order valence-electron chi connectivity index (χ2n) is 16.4. The maximum Gasteiger partial charge on any atom is 0.197 e. The van der Waals surface area contributed by atoms with E-state index < -0.39 is 14.7 Å². The molecule has 276 valence electrons. The molecule has 0 saturated carbocycles. The highest BCUT2D eigenvalue weighted by Crippen LogP contribution is 2.49. The zero-order chi connectivity index (χ0) is 37.9. The van der Waals surface area contributed by atoms with Crippen LogP contribution in [0.15, 0.2) is 130 Å². The molecule has 3 unspecified atom stereocenters. The van der Waals surface area contributed by atoms with Gasteiger partial charge in [0, 0.05) is 32.6 Å². The first-order valence-electron chi connectivity index (χ1n) is 17.9. The zero-order valence-electron chi connectivity index (χ0n) is 33.5. The smallest absolute Gasteiger partial charge is 0.197 e. The lowest BCUT2D eigenvalue weighted by atomic mass is 9.67. The van der Waals surface area contributed by atoms with Gasteiger partial charge >= 0.3 is 0 Å². The highest BCUT2D eigenvalue weighted by molar-refractivity contribution is 7.57. The largest absolute Gasteiger partial charge is 0.325 e. The van der Waals surface area contributed by atoms with Crippen LogP contribution in [0.4, 0.5) is 0 Å². The van der Waals surface area contributed by atoms with E-state index in [1.807, 2.05) is 0 Å². The molecule has 0 fully saturated rings.